The molecule has 1 nitrogen and oxygen atoms in total. The normalized spacial score (nSPS) is 17.1. The summed E-state index contributed by atoms with van der Waals surface area (Å²) in [6.45, 7) is 1.73. The molecule has 84 valence electrons. The molecule has 2 N–H and O–H groups in total. The van der Waals surface area contributed by atoms with Crippen molar-refractivity contribution in [2.45, 2.75) is 25.8 Å². The Balaban J connectivity index is 0.00000112. The molecule has 2 rings (SSSR count). The summed E-state index contributed by atoms with van der Waals surface area (Å²) in [5.74, 6) is 0.181. The van der Waals surface area contributed by atoms with Gasteiger partial charge in [0, 0.05) is 16.6 Å². The molecule has 0 amide bonds. The number of rotatable bonds is 2. The molecule has 1 fully saturated rings. The highest BCUT2D eigenvalue weighted by atomic mass is 35.5. The summed E-state index contributed by atoms with van der Waals surface area (Å²) in [5.41, 5.74) is 7.05. The van der Waals surface area contributed by atoms with Gasteiger partial charge in [0.05, 0.1) is 0 Å². The molecule has 0 bridgehead atoms. The van der Waals surface area contributed by atoms with Gasteiger partial charge >= 0.3 is 0 Å². The van der Waals surface area contributed by atoms with Crippen molar-refractivity contribution in [2.24, 2.45) is 11.7 Å². The van der Waals surface area contributed by atoms with Gasteiger partial charge in [-0.3, -0.25) is 0 Å². The summed E-state index contributed by atoms with van der Waals surface area (Å²) >= 11 is 5.95. The van der Waals surface area contributed by atoms with Crippen molar-refractivity contribution in [3.8, 4) is 0 Å². The van der Waals surface area contributed by atoms with E-state index in [0.29, 0.717) is 22.1 Å². The molecule has 1 aliphatic carbocycles. The lowest BCUT2D eigenvalue weighted by Crippen LogP contribution is -2.15. The molecule has 0 saturated heterocycles. The van der Waals surface area contributed by atoms with E-state index in [0.717, 1.165) is 12.8 Å². The molecule has 4 heteroatoms. The van der Waals surface area contributed by atoms with Gasteiger partial charge in [-0.05, 0) is 37.3 Å². The molecule has 0 spiro atoms. The van der Waals surface area contributed by atoms with Crippen LogP contribution in [-0.4, -0.2) is 0 Å². The number of aryl methyl sites for hydroxylation is 1. The van der Waals surface area contributed by atoms with E-state index in [-0.39, 0.29) is 24.3 Å². The predicted molar refractivity (Wildman–Crippen MR) is 63.0 cm³/mol. The second-order valence-corrected chi connectivity index (χ2v) is 4.36. The average Bonchev–Trinajstić information content (AvgIpc) is 2.95. The molecule has 1 aromatic rings. The molecule has 1 saturated carbocycles. The Hall–Kier alpha value is -0.310. The summed E-state index contributed by atoms with van der Waals surface area (Å²) in [5, 5.41) is 0.451. The third-order valence-corrected chi connectivity index (χ3v) is 3.11. The van der Waals surface area contributed by atoms with Crippen LogP contribution in [0.25, 0.3) is 0 Å². The first kappa shape index (κ1) is 12.8. The first-order valence-electron chi connectivity index (χ1n) is 4.81. The van der Waals surface area contributed by atoms with Gasteiger partial charge in [-0.25, -0.2) is 4.39 Å². The molecule has 0 unspecified atom stereocenters. The van der Waals surface area contributed by atoms with E-state index in [4.69, 9.17) is 17.3 Å². The lowest BCUT2D eigenvalue weighted by molar-refractivity contribution is 0.548. The Kier molecular flexibility index (Phi) is 3.99. The number of hydrogen-bond acceptors (Lipinski definition) is 1. The lowest BCUT2D eigenvalue weighted by Gasteiger charge is -2.14. The van der Waals surface area contributed by atoms with Gasteiger partial charge < -0.3 is 5.73 Å². The quantitative estimate of drug-likeness (QED) is 0.852. The molecule has 1 aromatic carbocycles. The highest BCUT2D eigenvalue weighted by molar-refractivity contribution is 6.31. The maximum absolute atomic E-state index is 13.7. The standard InChI is InChI=1S/C11H13ClFN.ClH/c1-6-2-5-8(12)9(10(6)13)11(14)7-3-4-7;/h2,5,7,11H,3-4,14H2,1H3;1H/t11-;/m1./s1. The molecule has 1 atom stereocenters. The first-order chi connectivity index (χ1) is 6.61. The van der Waals surface area contributed by atoms with Crippen LogP contribution in [0.5, 0.6) is 0 Å². The van der Waals surface area contributed by atoms with Gasteiger partial charge in [0.25, 0.3) is 0 Å². The smallest absolute Gasteiger partial charge is 0.132 e. The SMILES string of the molecule is Cc1ccc(Cl)c([C@H](N)C2CC2)c1F.Cl. The predicted octanol–water partition coefficient (Wildman–Crippen LogP) is 3.62. The van der Waals surface area contributed by atoms with E-state index in [1.165, 1.54) is 0 Å². The fraction of sp³-hybridized carbons (Fsp3) is 0.455. The summed E-state index contributed by atoms with van der Waals surface area (Å²) in [6, 6.07) is 3.17. The van der Waals surface area contributed by atoms with Gasteiger partial charge in [-0.15, -0.1) is 12.4 Å². The molecule has 0 aromatic heterocycles. The van der Waals surface area contributed by atoms with E-state index in [1.54, 1.807) is 19.1 Å². The van der Waals surface area contributed by atoms with Crippen molar-refractivity contribution in [3.63, 3.8) is 0 Å². The molecule has 0 heterocycles. The van der Waals surface area contributed by atoms with Crippen LogP contribution in [0, 0.1) is 18.7 Å². The van der Waals surface area contributed by atoms with Gasteiger partial charge in [0.2, 0.25) is 0 Å². The maximum atomic E-state index is 13.7. The van der Waals surface area contributed by atoms with Crippen LogP contribution in [-0.2, 0) is 0 Å². The van der Waals surface area contributed by atoms with Crippen molar-refractivity contribution >= 4 is 24.0 Å². The minimum atomic E-state index is -0.239. The van der Waals surface area contributed by atoms with Gasteiger partial charge in [0.1, 0.15) is 5.82 Å². The van der Waals surface area contributed by atoms with Crippen LogP contribution in [0.4, 0.5) is 4.39 Å². The zero-order valence-electron chi connectivity index (χ0n) is 8.47. The highest BCUT2D eigenvalue weighted by Gasteiger charge is 2.32. The lowest BCUT2D eigenvalue weighted by atomic mass is 10.0. The van der Waals surface area contributed by atoms with Crippen LogP contribution in [0.1, 0.15) is 30.0 Å². The third kappa shape index (κ3) is 2.44. The van der Waals surface area contributed by atoms with Crippen molar-refractivity contribution in [3.05, 3.63) is 34.1 Å². The molecular weight excluding hydrogens is 236 g/mol. The highest BCUT2D eigenvalue weighted by Crippen LogP contribution is 2.42. The van der Waals surface area contributed by atoms with Crippen LogP contribution in [0.15, 0.2) is 12.1 Å². The first-order valence-corrected chi connectivity index (χ1v) is 5.19. The molecule has 0 radical (unpaired) electrons. The Morgan fingerprint density at radius 1 is 1.47 bits per heavy atom. The molecule has 15 heavy (non-hydrogen) atoms. The van der Waals surface area contributed by atoms with Crippen LogP contribution < -0.4 is 5.73 Å². The third-order valence-electron chi connectivity index (χ3n) is 2.78. The van der Waals surface area contributed by atoms with Gasteiger partial charge in [-0.2, -0.15) is 0 Å². The summed E-state index contributed by atoms with van der Waals surface area (Å²) in [4.78, 5) is 0. The van der Waals surface area contributed by atoms with Crippen molar-refractivity contribution < 1.29 is 4.39 Å². The van der Waals surface area contributed by atoms with E-state index in [1.807, 2.05) is 0 Å². The number of halogens is 3. The topological polar surface area (TPSA) is 26.0 Å². The zero-order chi connectivity index (χ0) is 10.3. The summed E-state index contributed by atoms with van der Waals surface area (Å²) < 4.78 is 13.7. The van der Waals surface area contributed by atoms with Crippen molar-refractivity contribution in [2.75, 3.05) is 0 Å². The van der Waals surface area contributed by atoms with E-state index >= 15 is 0 Å². The minimum Gasteiger partial charge on any atom is -0.324 e. The maximum Gasteiger partial charge on any atom is 0.132 e. The van der Waals surface area contributed by atoms with E-state index in [2.05, 4.69) is 0 Å². The molecule has 1 aliphatic rings. The van der Waals surface area contributed by atoms with Crippen LogP contribution in [0.3, 0.4) is 0 Å². The fourth-order valence-corrected chi connectivity index (χ4v) is 1.95. The van der Waals surface area contributed by atoms with Gasteiger partial charge in [-0.1, -0.05) is 17.7 Å². The molecule has 0 aliphatic heterocycles. The van der Waals surface area contributed by atoms with E-state index in [9.17, 15) is 4.39 Å². The van der Waals surface area contributed by atoms with Crippen LogP contribution in [0.2, 0.25) is 5.02 Å². The second-order valence-electron chi connectivity index (χ2n) is 3.96. The Bertz CT molecular complexity index is 364. The Morgan fingerprint density at radius 3 is 2.60 bits per heavy atom. The number of hydrogen-bond donors (Lipinski definition) is 1. The minimum absolute atomic E-state index is 0. The fourth-order valence-electron chi connectivity index (χ4n) is 1.67. The average molecular weight is 250 g/mol. The van der Waals surface area contributed by atoms with Gasteiger partial charge in [0.15, 0.2) is 0 Å². The largest absolute Gasteiger partial charge is 0.324 e. The summed E-state index contributed by atoms with van der Waals surface area (Å²) in [7, 11) is 0. The second kappa shape index (κ2) is 4.69. The summed E-state index contributed by atoms with van der Waals surface area (Å²) in [6.07, 6.45) is 2.18. The number of nitrogens with two attached hydrogens (primary N) is 1. The number of benzene rings is 1. The van der Waals surface area contributed by atoms with E-state index < -0.39 is 0 Å². The van der Waals surface area contributed by atoms with Crippen molar-refractivity contribution in [1.82, 2.24) is 0 Å². The Morgan fingerprint density at radius 2 is 2.07 bits per heavy atom. The molecular formula is C11H14Cl2FN. The zero-order valence-corrected chi connectivity index (χ0v) is 10.0. The van der Waals surface area contributed by atoms with Crippen molar-refractivity contribution in [1.29, 1.82) is 0 Å². The Labute approximate surface area is 100 Å². The van der Waals surface area contributed by atoms with Crippen LogP contribution >= 0.6 is 24.0 Å². The monoisotopic (exact) mass is 249 g/mol.